The lowest BCUT2D eigenvalue weighted by molar-refractivity contribution is -0.141. The van der Waals surface area contributed by atoms with Crippen molar-refractivity contribution in [1.82, 2.24) is 14.5 Å². The standard InChI is InChI=1S/C29H21F6N3O3S/c1-16-36-25(29(33,34)35)15-38(16)24-12-9-20(19-5-4-6-22(13-19)42(3,39)40)14-23(24)26-27(41-17(2)37-26)18-7-10-21(11-8-18)28(30,31)32/h4-15H,1-3H3. The van der Waals surface area contributed by atoms with Crippen LogP contribution in [0.4, 0.5) is 26.3 Å². The van der Waals surface area contributed by atoms with Gasteiger partial charge in [-0.2, -0.15) is 26.3 Å². The van der Waals surface area contributed by atoms with Gasteiger partial charge in [0, 0.05) is 30.5 Å². The van der Waals surface area contributed by atoms with Crippen molar-refractivity contribution in [3.8, 4) is 39.4 Å². The van der Waals surface area contributed by atoms with Crippen LogP contribution in [0.1, 0.15) is 23.0 Å². The molecule has 0 atom stereocenters. The van der Waals surface area contributed by atoms with Crippen LogP contribution in [0.5, 0.6) is 0 Å². The lowest BCUT2D eigenvalue weighted by Gasteiger charge is -2.14. The van der Waals surface area contributed by atoms with Crippen LogP contribution >= 0.6 is 0 Å². The van der Waals surface area contributed by atoms with E-state index in [-0.39, 0.29) is 44.9 Å². The Kier molecular flexibility index (Phi) is 7.04. The minimum atomic E-state index is -4.71. The van der Waals surface area contributed by atoms with Gasteiger partial charge in [-0.25, -0.2) is 18.4 Å². The highest BCUT2D eigenvalue weighted by molar-refractivity contribution is 7.90. The SMILES string of the molecule is Cc1nc(-c2cc(-c3cccc(S(C)(=O)=O)c3)ccc2-n2cc(C(F)(F)F)nc2C)c(-c2ccc(C(F)(F)F)cc2)o1. The number of sulfone groups is 1. The summed E-state index contributed by atoms with van der Waals surface area (Å²) < 4.78 is 111. The number of benzene rings is 3. The smallest absolute Gasteiger partial charge is 0.434 e. The van der Waals surface area contributed by atoms with Crippen LogP contribution in [0.2, 0.25) is 0 Å². The number of aromatic nitrogens is 3. The lowest BCUT2D eigenvalue weighted by atomic mass is 9.97. The average Bonchev–Trinajstić information content (AvgIpc) is 3.50. The molecule has 5 rings (SSSR count). The molecule has 0 radical (unpaired) electrons. The van der Waals surface area contributed by atoms with Crippen molar-refractivity contribution in [3.63, 3.8) is 0 Å². The first-order valence-corrected chi connectivity index (χ1v) is 14.1. The highest BCUT2D eigenvalue weighted by Gasteiger charge is 2.35. The van der Waals surface area contributed by atoms with Gasteiger partial charge < -0.3 is 8.98 Å². The maximum absolute atomic E-state index is 13.5. The number of halogens is 6. The minimum absolute atomic E-state index is 0.0201. The molecule has 0 saturated heterocycles. The van der Waals surface area contributed by atoms with Gasteiger partial charge in [-0.05, 0) is 54.4 Å². The van der Waals surface area contributed by atoms with E-state index < -0.39 is 33.4 Å². The van der Waals surface area contributed by atoms with E-state index in [0.29, 0.717) is 11.1 Å². The third kappa shape index (κ3) is 5.69. The molecule has 13 heteroatoms. The van der Waals surface area contributed by atoms with Crippen molar-refractivity contribution in [1.29, 1.82) is 0 Å². The Morgan fingerprint density at radius 3 is 2.02 bits per heavy atom. The van der Waals surface area contributed by atoms with E-state index in [9.17, 15) is 34.8 Å². The molecule has 0 saturated carbocycles. The first-order chi connectivity index (χ1) is 19.5. The third-order valence-electron chi connectivity index (χ3n) is 6.49. The second-order valence-corrected chi connectivity index (χ2v) is 11.6. The Morgan fingerprint density at radius 1 is 0.786 bits per heavy atom. The molecule has 3 aromatic carbocycles. The second kappa shape index (κ2) is 10.2. The number of hydrogen-bond acceptors (Lipinski definition) is 5. The summed E-state index contributed by atoms with van der Waals surface area (Å²) in [6, 6.07) is 15.1. The molecule has 5 aromatic rings. The second-order valence-electron chi connectivity index (χ2n) is 9.56. The van der Waals surface area contributed by atoms with Crippen LogP contribution in [-0.2, 0) is 22.2 Å². The van der Waals surface area contributed by atoms with E-state index in [1.54, 1.807) is 24.3 Å². The molecule has 6 nitrogen and oxygen atoms in total. The molecular formula is C29H21F6N3O3S. The summed E-state index contributed by atoms with van der Waals surface area (Å²) in [5.41, 5.74) is -0.0515. The van der Waals surface area contributed by atoms with E-state index in [0.717, 1.165) is 24.6 Å². The first kappa shape index (κ1) is 29.1. The van der Waals surface area contributed by atoms with Gasteiger partial charge in [0.25, 0.3) is 0 Å². The van der Waals surface area contributed by atoms with Gasteiger partial charge >= 0.3 is 12.4 Å². The average molecular weight is 606 g/mol. The van der Waals surface area contributed by atoms with Crippen molar-refractivity contribution < 1.29 is 39.2 Å². The highest BCUT2D eigenvalue weighted by Crippen LogP contribution is 2.40. The summed E-state index contributed by atoms with van der Waals surface area (Å²) in [5, 5.41) is 0. The van der Waals surface area contributed by atoms with E-state index in [1.807, 2.05) is 0 Å². The van der Waals surface area contributed by atoms with Crippen molar-refractivity contribution in [3.05, 3.63) is 95.9 Å². The number of hydrogen-bond donors (Lipinski definition) is 0. The number of nitrogens with zero attached hydrogens (tertiary/aromatic N) is 3. The molecule has 218 valence electrons. The van der Waals surface area contributed by atoms with Gasteiger partial charge in [-0.3, -0.25) is 0 Å². The van der Waals surface area contributed by atoms with Gasteiger partial charge in [0.15, 0.2) is 27.2 Å². The Morgan fingerprint density at radius 2 is 1.43 bits per heavy atom. The number of alkyl halides is 6. The van der Waals surface area contributed by atoms with Crippen LogP contribution in [0.15, 0.2) is 82.2 Å². The zero-order valence-corrected chi connectivity index (χ0v) is 23.0. The summed E-state index contributed by atoms with van der Waals surface area (Å²) >= 11 is 0. The Hall–Kier alpha value is -4.39. The number of aryl methyl sites for hydroxylation is 2. The van der Waals surface area contributed by atoms with Crippen LogP contribution in [0.25, 0.3) is 39.4 Å². The molecular weight excluding hydrogens is 584 g/mol. The molecule has 42 heavy (non-hydrogen) atoms. The molecule has 0 spiro atoms. The van der Waals surface area contributed by atoms with Gasteiger partial charge in [-0.15, -0.1) is 0 Å². The highest BCUT2D eigenvalue weighted by atomic mass is 32.2. The predicted octanol–water partition coefficient (Wildman–Crippen LogP) is 7.92. The van der Waals surface area contributed by atoms with Gasteiger partial charge in [0.05, 0.1) is 16.1 Å². The Bertz CT molecular complexity index is 1900. The van der Waals surface area contributed by atoms with Crippen molar-refractivity contribution in [2.24, 2.45) is 0 Å². The fourth-order valence-electron chi connectivity index (χ4n) is 4.49. The summed E-state index contributed by atoms with van der Waals surface area (Å²) in [6.45, 7) is 2.92. The van der Waals surface area contributed by atoms with E-state index in [2.05, 4.69) is 9.97 Å². The van der Waals surface area contributed by atoms with Gasteiger partial charge in [-0.1, -0.05) is 30.3 Å². The molecule has 0 aliphatic rings. The van der Waals surface area contributed by atoms with E-state index in [4.69, 9.17) is 4.42 Å². The summed E-state index contributed by atoms with van der Waals surface area (Å²) in [4.78, 5) is 8.17. The maximum atomic E-state index is 13.5. The third-order valence-corrected chi connectivity index (χ3v) is 7.60. The summed E-state index contributed by atoms with van der Waals surface area (Å²) in [7, 11) is -3.54. The molecule has 0 N–H and O–H groups in total. The molecule has 2 heterocycles. The molecule has 2 aromatic heterocycles. The van der Waals surface area contributed by atoms with E-state index >= 15 is 0 Å². The fourth-order valence-corrected chi connectivity index (χ4v) is 5.16. The molecule has 0 aliphatic carbocycles. The normalized spacial score (nSPS) is 12.6. The summed E-state index contributed by atoms with van der Waals surface area (Å²) in [5.74, 6) is 0.277. The Labute approximate surface area is 236 Å². The van der Waals surface area contributed by atoms with Gasteiger partial charge in [0.1, 0.15) is 11.5 Å². The number of imidazole rings is 1. The largest absolute Gasteiger partial charge is 0.440 e. The molecule has 0 bridgehead atoms. The predicted molar refractivity (Wildman–Crippen MR) is 143 cm³/mol. The van der Waals surface area contributed by atoms with Gasteiger partial charge in [0.2, 0.25) is 0 Å². The molecule has 0 fully saturated rings. The number of oxazole rings is 1. The van der Waals surface area contributed by atoms with Crippen LogP contribution < -0.4 is 0 Å². The molecule has 0 amide bonds. The maximum Gasteiger partial charge on any atom is 0.434 e. The van der Waals surface area contributed by atoms with Crippen molar-refractivity contribution in [2.45, 2.75) is 31.1 Å². The van der Waals surface area contributed by atoms with Crippen LogP contribution in [0.3, 0.4) is 0 Å². The topological polar surface area (TPSA) is 78.0 Å². The van der Waals surface area contributed by atoms with Crippen molar-refractivity contribution in [2.75, 3.05) is 6.26 Å². The minimum Gasteiger partial charge on any atom is -0.440 e. The molecule has 0 aliphatic heterocycles. The van der Waals surface area contributed by atoms with E-state index in [1.165, 1.54) is 48.7 Å². The summed E-state index contributed by atoms with van der Waals surface area (Å²) in [6.07, 6.45) is -7.37. The zero-order valence-electron chi connectivity index (χ0n) is 22.2. The zero-order chi connectivity index (χ0) is 30.6. The fraction of sp³-hybridized carbons (Fsp3) is 0.172. The Balaban J connectivity index is 1.75. The quantitative estimate of drug-likeness (QED) is 0.190. The lowest BCUT2D eigenvalue weighted by Crippen LogP contribution is -2.05. The number of rotatable bonds is 5. The monoisotopic (exact) mass is 605 g/mol. The van der Waals surface area contributed by atoms with Crippen molar-refractivity contribution >= 4 is 9.84 Å². The molecule has 0 unspecified atom stereocenters. The first-order valence-electron chi connectivity index (χ1n) is 12.3. The van der Waals surface area contributed by atoms with Crippen LogP contribution in [-0.4, -0.2) is 29.2 Å². The van der Waals surface area contributed by atoms with Crippen LogP contribution in [0, 0.1) is 13.8 Å².